The molecule has 0 bridgehead atoms. The maximum Gasteiger partial charge on any atom is 0.270 e. The monoisotopic (exact) mass is 316 g/mol. The number of halogens is 1. The predicted molar refractivity (Wildman–Crippen MR) is 73.3 cm³/mol. The van der Waals surface area contributed by atoms with Crippen LogP contribution in [0.1, 0.15) is 19.4 Å². The molecule has 0 heterocycles. The van der Waals surface area contributed by atoms with Crippen LogP contribution >= 0.6 is 15.9 Å². The molecule has 0 aromatic heterocycles. The van der Waals surface area contributed by atoms with Crippen molar-refractivity contribution in [2.24, 2.45) is 5.92 Å². The number of nitro groups is 1. The molecule has 0 fully saturated rings. The summed E-state index contributed by atoms with van der Waals surface area (Å²) in [5, 5.41) is 23.0. The van der Waals surface area contributed by atoms with E-state index in [1.807, 2.05) is 13.8 Å². The van der Waals surface area contributed by atoms with E-state index in [0.717, 1.165) is 5.56 Å². The van der Waals surface area contributed by atoms with Gasteiger partial charge in [-0.15, -0.1) is 0 Å². The first-order valence-corrected chi connectivity index (χ1v) is 6.52. The Hall–Kier alpha value is -0.980. The lowest BCUT2D eigenvalue weighted by molar-refractivity contribution is -0.384. The summed E-state index contributed by atoms with van der Waals surface area (Å²) in [6, 6.07) is 4.70. The Morgan fingerprint density at radius 1 is 1.50 bits per heavy atom. The van der Waals surface area contributed by atoms with Crippen molar-refractivity contribution >= 4 is 21.6 Å². The van der Waals surface area contributed by atoms with Crippen LogP contribution in [0.5, 0.6) is 0 Å². The Morgan fingerprint density at radius 2 is 2.17 bits per heavy atom. The van der Waals surface area contributed by atoms with Gasteiger partial charge in [0, 0.05) is 29.2 Å². The number of rotatable bonds is 6. The highest BCUT2D eigenvalue weighted by Crippen LogP contribution is 2.23. The summed E-state index contributed by atoms with van der Waals surface area (Å²) >= 11 is 3.32. The average molecular weight is 317 g/mol. The van der Waals surface area contributed by atoms with Gasteiger partial charge in [0.25, 0.3) is 5.69 Å². The Bertz CT molecular complexity index is 424. The zero-order chi connectivity index (χ0) is 13.7. The summed E-state index contributed by atoms with van der Waals surface area (Å²) in [6.45, 7) is 4.68. The van der Waals surface area contributed by atoms with Gasteiger partial charge in [0.2, 0.25) is 0 Å². The Labute approximate surface area is 114 Å². The van der Waals surface area contributed by atoms with Crippen LogP contribution in [0, 0.1) is 16.0 Å². The SMILES string of the molecule is CC(C)C(CO)NCc1ccc([N+](=O)[O-])cc1Br. The average Bonchev–Trinajstić information content (AvgIpc) is 2.30. The number of aliphatic hydroxyl groups excluding tert-OH is 1. The van der Waals surface area contributed by atoms with E-state index in [2.05, 4.69) is 21.2 Å². The summed E-state index contributed by atoms with van der Waals surface area (Å²) in [5.41, 5.74) is 0.993. The number of hydrogen-bond acceptors (Lipinski definition) is 4. The quantitative estimate of drug-likeness (QED) is 0.624. The molecule has 0 spiro atoms. The molecule has 1 rings (SSSR count). The first-order valence-electron chi connectivity index (χ1n) is 5.72. The predicted octanol–water partition coefficient (Wildman–Crippen LogP) is 2.46. The molecule has 0 aliphatic heterocycles. The summed E-state index contributed by atoms with van der Waals surface area (Å²) in [5.74, 6) is 0.326. The molecule has 0 amide bonds. The summed E-state index contributed by atoms with van der Waals surface area (Å²) in [6.07, 6.45) is 0. The third-order valence-corrected chi connectivity index (χ3v) is 3.54. The number of aliphatic hydroxyl groups is 1. The van der Waals surface area contributed by atoms with Gasteiger partial charge in [-0.05, 0) is 17.5 Å². The third-order valence-electron chi connectivity index (χ3n) is 2.80. The minimum atomic E-state index is -0.424. The van der Waals surface area contributed by atoms with Gasteiger partial charge in [0.1, 0.15) is 0 Å². The maximum absolute atomic E-state index is 10.6. The fourth-order valence-corrected chi connectivity index (χ4v) is 2.05. The largest absolute Gasteiger partial charge is 0.395 e. The number of hydrogen-bond donors (Lipinski definition) is 2. The van der Waals surface area contributed by atoms with Crippen molar-refractivity contribution < 1.29 is 10.0 Å². The number of non-ortho nitro benzene ring substituents is 1. The van der Waals surface area contributed by atoms with Crippen molar-refractivity contribution in [3.05, 3.63) is 38.3 Å². The van der Waals surface area contributed by atoms with Gasteiger partial charge in [0.15, 0.2) is 0 Å². The van der Waals surface area contributed by atoms with E-state index < -0.39 is 4.92 Å². The molecule has 0 saturated heterocycles. The molecule has 0 aliphatic carbocycles. The minimum absolute atomic E-state index is 0.0205. The van der Waals surface area contributed by atoms with Gasteiger partial charge in [-0.3, -0.25) is 10.1 Å². The number of nitrogens with one attached hydrogen (secondary N) is 1. The molecule has 5 nitrogen and oxygen atoms in total. The highest BCUT2D eigenvalue weighted by molar-refractivity contribution is 9.10. The van der Waals surface area contributed by atoms with E-state index in [4.69, 9.17) is 0 Å². The van der Waals surface area contributed by atoms with Gasteiger partial charge in [-0.1, -0.05) is 29.8 Å². The van der Waals surface area contributed by atoms with Gasteiger partial charge in [-0.2, -0.15) is 0 Å². The number of benzene rings is 1. The van der Waals surface area contributed by atoms with E-state index in [1.54, 1.807) is 6.07 Å². The second-order valence-electron chi connectivity index (χ2n) is 4.45. The molecule has 1 aromatic rings. The molecular weight excluding hydrogens is 300 g/mol. The Morgan fingerprint density at radius 3 is 2.61 bits per heavy atom. The molecule has 1 unspecified atom stereocenters. The second-order valence-corrected chi connectivity index (χ2v) is 5.30. The number of nitrogens with zero attached hydrogens (tertiary/aromatic N) is 1. The van der Waals surface area contributed by atoms with Crippen LogP contribution < -0.4 is 5.32 Å². The standard InChI is InChI=1S/C12H17BrN2O3/c1-8(2)12(7-16)14-6-9-3-4-10(15(17)18)5-11(9)13/h3-5,8,12,14,16H,6-7H2,1-2H3. The first-order chi connectivity index (χ1) is 8.45. The molecule has 1 aromatic carbocycles. The lowest BCUT2D eigenvalue weighted by atomic mass is 10.1. The maximum atomic E-state index is 10.6. The van der Waals surface area contributed by atoms with Gasteiger partial charge in [-0.25, -0.2) is 0 Å². The van der Waals surface area contributed by atoms with Crippen LogP contribution in [-0.2, 0) is 6.54 Å². The zero-order valence-electron chi connectivity index (χ0n) is 10.4. The summed E-state index contributed by atoms with van der Waals surface area (Å²) < 4.78 is 0.699. The van der Waals surface area contributed by atoms with E-state index in [-0.39, 0.29) is 18.3 Å². The lowest BCUT2D eigenvalue weighted by Gasteiger charge is -2.20. The van der Waals surface area contributed by atoms with Crippen molar-refractivity contribution in [3.8, 4) is 0 Å². The van der Waals surface area contributed by atoms with Gasteiger partial charge < -0.3 is 10.4 Å². The van der Waals surface area contributed by atoms with E-state index >= 15 is 0 Å². The molecule has 100 valence electrons. The van der Waals surface area contributed by atoms with E-state index in [1.165, 1.54) is 12.1 Å². The number of nitro benzene ring substituents is 1. The topological polar surface area (TPSA) is 75.4 Å². The fourth-order valence-electron chi connectivity index (χ4n) is 1.55. The second kappa shape index (κ2) is 6.82. The molecule has 0 saturated carbocycles. The Kier molecular flexibility index (Phi) is 5.71. The molecule has 0 aliphatic rings. The summed E-state index contributed by atoms with van der Waals surface area (Å²) in [4.78, 5) is 10.2. The van der Waals surface area contributed by atoms with Crippen LogP contribution in [0.4, 0.5) is 5.69 Å². The van der Waals surface area contributed by atoms with Gasteiger partial charge >= 0.3 is 0 Å². The van der Waals surface area contributed by atoms with Crippen LogP contribution in [0.15, 0.2) is 22.7 Å². The fraction of sp³-hybridized carbons (Fsp3) is 0.500. The molecule has 2 N–H and O–H groups in total. The highest BCUT2D eigenvalue weighted by Gasteiger charge is 2.13. The smallest absolute Gasteiger partial charge is 0.270 e. The van der Waals surface area contributed by atoms with Gasteiger partial charge in [0.05, 0.1) is 11.5 Å². The summed E-state index contributed by atoms with van der Waals surface area (Å²) in [7, 11) is 0. The molecule has 0 radical (unpaired) electrons. The third kappa shape index (κ3) is 4.04. The minimum Gasteiger partial charge on any atom is -0.395 e. The van der Waals surface area contributed by atoms with Crippen molar-refractivity contribution in [1.82, 2.24) is 5.32 Å². The lowest BCUT2D eigenvalue weighted by Crippen LogP contribution is -2.36. The van der Waals surface area contributed by atoms with Crippen molar-refractivity contribution in [1.29, 1.82) is 0 Å². The van der Waals surface area contributed by atoms with Crippen LogP contribution in [0.3, 0.4) is 0 Å². The van der Waals surface area contributed by atoms with Crippen molar-refractivity contribution in [2.45, 2.75) is 26.4 Å². The van der Waals surface area contributed by atoms with Crippen LogP contribution in [-0.4, -0.2) is 22.7 Å². The zero-order valence-corrected chi connectivity index (χ0v) is 12.0. The van der Waals surface area contributed by atoms with Crippen LogP contribution in [0.2, 0.25) is 0 Å². The first kappa shape index (κ1) is 15.1. The van der Waals surface area contributed by atoms with Crippen molar-refractivity contribution in [3.63, 3.8) is 0 Å². The normalized spacial score (nSPS) is 12.7. The molecule has 18 heavy (non-hydrogen) atoms. The van der Waals surface area contributed by atoms with Crippen molar-refractivity contribution in [2.75, 3.05) is 6.61 Å². The molecule has 6 heteroatoms. The highest BCUT2D eigenvalue weighted by atomic mass is 79.9. The van der Waals surface area contributed by atoms with E-state index in [0.29, 0.717) is 16.9 Å². The Balaban J connectivity index is 2.71. The van der Waals surface area contributed by atoms with E-state index in [9.17, 15) is 15.2 Å². The molecule has 1 atom stereocenters. The molecular formula is C12H17BrN2O3. The van der Waals surface area contributed by atoms with Crippen LogP contribution in [0.25, 0.3) is 0 Å².